The molecule has 0 aliphatic carbocycles. The molecule has 19 heavy (non-hydrogen) atoms. The van der Waals surface area contributed by atoms with Gasteiger partial charge in [-0.05, 0) is 47.9 Å². The van der Waals surface area contributed by atoms with Gasteiger partial charge in [-0.1, -0.05) is 6.07 Å². The van der Waals surface area contributed by atoms with Gasteiger partial charge >= 0.3 is 0 Å². The van der Waals surface area contributed by atoms with E-state index in [4.69, 9.17) is 0 Å². The van der Waals surface area contributed by atoms with Crippen molar-refractivity contribution in [1.29, 1.82) is 0 Å². The number of nitrogens with zero attached hydrogens (tertiary/aromatic N) is 1. The molecule has 0 saturated carbocycles. The second kappa shape index (κ2) is 5.29. The van der Waals surface area contributed by atoms with E-state index in [2.05, 4.69) is 4.98 Å². The van der Waals surface area contributed by atoms with Crippen molar-refractivity contribution in [3.05, 3.63) is 36.0 Å². The highest BCUT2D eigenvalue weighted by Crippen LogP contribution is 2.23. The zero-order valence-electron chi connectivity index (χ0n) is 11.1. The van der Waals surface area contributed by atoms with Crippen molar-refractivity contribution < 1.29 is 4.79 Å². The molecule has 2 heterocycles. The molecular weight excluding hydrogens is 256 g/mol. The molecule has 1 saturated heterocycles. The highest BCUT2D eigenvalue weighted by atomic mass is 32.2. The number of H-pyrrole nitrogens is 1. The third-order valence-corrected chi connectivity index (χ3v) is 4.91. The van der Waals surface area contributed by atoms with E-state index < -0.39 is 0 Å². The van der Waals surface area contributed by atoms with Gasteiger partial charge in [0.2, 0.25) is 0 Å². The van der Waals surface area contributed by atoms with Crippen LogP contribution in [-0.4, -0.2) is 40.4 Å². The minimum absolute atomic E-state index is 0.133. The van der Waals surface area contributed by atoms with Crippen molar-refractivity contribution in [3.8, 4) is 0 Å². The molecule has 3 rings (SSSR count). The maximum atomic E-state index is 12.5. The van der Waals surface area contributed by atoms with Crippen molar-refractivity contribution in [2.24, 2.45) is 0 Å². The Balaban J connectivity index is 1.81. The molecule has 1 N–H and O–H groups in total. The molecule has 0 bridgehead atoms. The number of aromatic nitrogens is 1. The number of fused-ring (bicyclic) bond motifs is 1. The van der Waals surface area contributed by atoms with Gasteiger partial charge in [0, 0.05) is 30.4 Å². The predicted octanol–water partition coefficient (Wildman–Crippen LogP) is 3.14. The van der Waals surface area contributed by atoms with Crippen LogP contribution >= 0.6 is 11.8 Å². The van der Waals surface area contributed by atoms with Crippen LogP contribution in [0.25, 0.3) is 10.9 Å². The molecule has 0 spiro atoms. The fraction of sp³-hybridized carbons (Fsp3) is 0.400. The Morgan fingerprint density at radius 2 is 2.11 bits per heavy atom. The fourth-order valence-corrected chi connectivity index (χ4v) is 3.70. The van der Waals surface area contributed by atoms with Gasteiger partial charge in [0.25, 0.3) is 5.91 Å². The molecule has 1 aromatic carbocycles. The van der Waals surface area contributed by atoms with Crippen LogP contribution < -0.4 is 0 Å². The lowest BCUT2D eigenvalue weighted by Crippen LogP contribution is -2.39. The fourth-order valence-electron chi connectivity index (χ4n) is 2.62. The predicted molar refractivity (Wildman–Crippen MR) is 80.7 cm³/mol. The van der Waals surface area contributed by atoms with Gasteiger partial charge in [0.05, 0.1) is 0 Å². The van der Waals surface area contributed by atoms with E-state index in [0.717, 1.165) is 40.8 Å². The Hall–Kier alpha value is -1.42. The lowest BCUT2D eigenvalue weighted by molar-refractivity contribution is 0.0723. The summed E-state index contributed by atoms with van der Waals surface area (Å²) in [6, 6.07) is 8.29. The Morgan fingerprint density at radius 3 is 2.89 bits per heavy atom. The van der Waals surface area contributed by atoms with Crippen LogP contribution in [0.1, 0.15) is 23.2 Å². The molecule has 0 unspecified atom stereocenters. The number of rotatable bonds is 2. The number of carbonyl (C=O) groups is 1. The van der Waals surface area contributed by atoms with E-state index in [9.17, 15) is 4.79 Å². The quantitative estimate of drug-likeness (QED) is 0.913. The number of carbonyl (C=O) groups excluding carboxylic acids is 1. The Morgan fingerprint density at radius 1 is 1.32 bits per heavy atom. The summed E-state index contributed by atoms with van der Waals surface area (Å²) in [7, 11) is 1.93. The molecule has 3 nitrogen and oxygen atoms in total. The monoisotopic (exact) mass is 274 g/mol. The van der Waals surface area contributed by atoms with E-state index in [1.807, 2.05) is 54.2 Å². The van der Waals surface area contributed by atoms with Crippen molar-refractivity contribution in [3.63, 3.8) is 0 Å². The summed E-state index contributed by atoms with van der Waals surface area (Å²) in [5, 5.41) is 1.15. The first kappa shape index (κ1) is 12.6. The average Bonchev–Trinajstić information content (AvgIpc) is 2.94. The van der Waals surface area contributed by atoms with Gasteiger partial charge in [-0.3, -0.25) is 4.79 Å². The number of thioether (sulfide) groups is 1. The average molecular weight is 274 g/mol. The third-order valence-electron chi connectivity index (χ3n) is 3.86. The van der Waals surface area contributed by atoms with E-state index >= 15 is 0 Å². The van der Waals surface area contributed by atoms with E-state index in [-0.39, 0.29) is 5.91 Å². The normalized spacial score (nSPS) is 16.7. The van der Waals surface area contributed by atoms with Crippen molar-refractivity contribution >= 4 is 28.6 Å². The standard InChI is InChI=1S/C15H18N2OS/c1-17(13-5-8-19-9-6-13)15(18)12-3-2-11-4-7-16-14(11)10-12/h2-4,7,10,13,16H,5-6,8-9H2,1H3. The van der Waals surface area contributed by atoms with Gasteiger partial charge in [-0.25, -0.2) is 0 Å². The molecule has 1 fully saturated rings. The van der Waals surface area contributed by atoms with Gasteiger partial charge in [0.15, 0.2) is 0 Å². The molecule has 0 radical (unpaired) electrons. The van der Waals surface area contributed by atoms with Crippen LogP contribution in [0, 0.1) is 0 Å². The van der Waals surface area contributed by atoms with Crippen LogP contribution in [-0.2, 0) is 0 Å². The Labute approximate surface area is 117 Å². The zero-order valence-corrected chi connectivity index (χ0v) is 11.9. The van der Waals surface area contributed by atoms with Crippen LogP contribution in [0.5, 0.6) is 0 Å². The topological polar surface area (TPSA) is 36.1 Å². The largest absolute Gasteiger partial charge is 0.361 e. The Kier molecular flexibility index (Phi) is 3.51. The first-order valence-electron chi connectivity index (χ1n) is 6.68. The van der Waals surface area contributed by atoms with Crippen LogP contribution in [0.3, 0.4) is 0 Å². The Bertz CT molecular complexity index is 587. The SMILES string of the molecule is CN(C(=O)c1ccc2cc[nH]c2c1)C1CCSCC1. The van der Waals surface area contributed by atoms with Gasteiger partial charge in [-0.15, -0.1) is 0 Å². The summed E-state index contributed by atoms with van der Waals surface area (Å²) in [5.74, 6) is 2.46. The minimum Gasteiger partial charge on any atom is -0.361 e. The van der Waals surface area contributed by atoms with Crippen LogP contribution in [0.2, 0.25) is 0 Å². The molecule has 1 aromatic heterocycles. The second-order valence-electron chi connectivity index (χ2n) is 5.04. The number of aromatic amines is 1. The summed E-state index contributed by atoms with van der Waals surface area (Å²) in [4.78, 5) is 17.6. The second-order valence-corrected chi connectivity index (χ2v) is 6.26. The highest BCUT2D eigenvalue weighted by Gasteiger charge is 2.23. The number of benzene rings is 1. The van der Waals surface area contributed by atoms with Gasteiger partial charge < -0.3 is 9.88 Å². The molecular formula is C15H18N2OS. The first-order chi connectivity index (χ1) is 9.25. The number of nitrogens with one attached hydrogen (secondary N) is 1. The number of hydrogen-bond acceptors (Lipinski definition) is 2. The summed E-state index contributed by atoms with van der Waals surface area (Å²) in [6.07, 6.45) is 4.12. The molecule has 100 valence electrons. The van der Waals surface area contributed by atoms with Gasteiger partial charge in [-0.2, -0.15) is 11.8 Å². The molecule has 1 amide bonds. The number of amides is 1. The van der Waals surface area contributed by atoms with E-state index in [1.54, 1.807) is 0 Å². The van der Waals surface area contributed by atoms with Crippen LogP contribution in [0.4, 0.5) is 0 Å². The molecule has 4 heteroatoms. The summed E-state index contributed by atoms with van der Waals surface area (Å²) >= 11 is 1.98. The summed E-state index contributed by atoms with van der Waals surface area (Å²) in [6.45, 7) is 0. The lowest BCUT2D eigenvalue weighted by atomic mass is 10.1. The zero-order chi connectivity index (χ0) is 13.2. The minimum atomic E-state index is 0.133. The number of hydrogen-bond donors (Lipinski definition) is 1. The molecule has 1 aliphatic heterocycles. The van der Waals surface area contributed by atoms with E-state index in [0.29, 0.717) is 6.04 Å². The van der Waals surface area contributed by atoms with Crippen LogP contribution in [0.15, 0.2) is 30.5 Å². The first-order valence-corrected chi connectivity index (χ1v) is 7.83. The maximum Gasteiger partial charge on any atom is 0.253 e. The van der Waals surface area contributed by atoms with Crippen molar-refractivity contribution in [2.75, 3.05) is 18.6 Å². The maximum absolute atomic E-state index is 12.5. The third kappa shape index (κ3) is 2.50. The summed E-state index contributed by atoms with van der Waals surface area (Å²) < 4.78 is 0. The lowest BCUT2D eigenvalue weighted by Gasteiger charge is -2.31. The molecule has 2 aromatic rings. The van der Waals surface area contributed by atoms with Crippen molar-refractivity contribution in [2.45, 2.75) is 18.9 Å². The van der Waals surface area contributed by atoms with E-state index in [1.165, 1.54) is 0 Å². The van der Waals surface area contributed by atoms with Crippen molar-refractivity contribution in [1.82, 2.24) is 9.88 Å². The summed E-state index contributed by atoms with van der Waals surface area (Å²) in [5.41, 5.74) is 1.80. The van der Waals surface area contributed by atoms with Gasteiger partial charge in [0.1, 0.15) is 0 Å². The molecule has 1 aliphatic rings. The molecule has 0 atom stereocenters. The smallest absolute Gasteiger partial charge is 0.253 e. The highest BCUT2D eigenvalue weighted by molar-refractivity contribution is 7.99.